The lowest BCUT2D eigenvalue weighted by atomic mass is 9.92. The molecule has 0 radical (unpaired) electrons. The van der Waals surface area contributed by atoms with Gasteiger partial charge in [-0.15, -0.1) is 0 Å². The smallest absolute Gasteiger partial charge is 0.324 e. The van der Waals surface area contributed by atoms with Crippen LogP contribution in [0.5, 0.6) is 0 Å². The molecule has 6 nitrogen and oxygen atoms in total. The Bertz CT molecular complexity index is 913. The summed E-state index contributed by atoms with van der Waals surface area (Å²) in [6.07, 6.45) is 0. The van der Waals surface area contributed by atoms with Gasteiger partial charge in [0.2, 0.25) is 5.91 Å². The molecule has 140 valence electrons. The van der Waals surface area contributed by atoms with E-state index in [9.17, 15) is 27.6 Å². The minimum atomic E-state index is -1.46. The second-order valence-corrected chi connectivity index (χ2v) is 6.16. The molecule has 0 aliphatic carbocycles. The van der Waals surface area contributed by atoms with Crippen LogP contribution in [0, 0.1) is 17.5 Å². The number of amides is 4. The van der Waals surface area contributed by atoms with E-state index in [2.05, 4.69) is 10.6 Å². The standard InChI is InChI=1S/C18H14F3N3O3/c1-18(10-2-4-11(19)5-3-10)16(26)24(17(27)23-18)9-15(25)22-14-7-12(20)6-13(21)8-14/h2-8H,9H2,1H3,(H,22,25)(H,23,27). The Morgan fingerprint density at radius 1 is 1.04 bits per heavy atom. The van der Waals surface area contributed by atoms with E-state index >= 15 is 0 Å². The first-order chi connectivity index (χ1) is 12.7. The third kappa shape index (κ3) is 3.62. The molecule has 1 heterocycles. The van der Waals surface area contributed by atoms with Crippen LogP contribution in [0.3, 0.4) is 0 Å². The highest BCUT2D eigenvalue weighted by Gasteiger charge is 2.49. The first kappa shape index (κ1) is 18.4. The topological polar surface area (TPSA) is 78.5 Å². The predicted octanol–water partition coefficient (Wildman–Crippen LogP) is 2.51. The summed E-state index contributed by atoms with van der Waals surface area (Å²) < 4.78 is 39.5. The van der Waals surface area contributed by atoms with Gasteiger partial charge in [-0.3, -0.25) is 14.5 Å². The molecule has 2 N–H and O–H groups in total. The van der Waals surface area contributed by atoms with Gasteiger partial charge in [-0.2, -0.15) is 0 Å². The number of benzene rings is 2. The Balaban J connectivity index is 1.75. The zero-order chi connectivity index (χ0) is 19.8. The van der Waals surface area contributed by atoms with Gasteiger partial charge in [-0.05, 0) is 36.8 Å². The Morgan fingerprint density at radius 2 is 1.63 bits per heavy atom. The Hall–Kier alpha value is -3.36. The van der Waals surface area contributed by atoms with Gasteiger partial charge in [0.25, 0.3) is 5.91 Å². The number of imide groups is 1. The molecule has 1 unspecified atom stereocenters. The fourth-order valence-corrected chi connectivity index (χ4v) is 2.79. The van der Waals surface area contributed by atoms with E-state index in [0.717, 1.165) is 24.3 Å². The Labute approximate surface area is 152 Å². The summed E-state index contributed by atoms with van der Waals surface area (Å²) in [6.45, 7) is 0.778. The molecule has 0 aromatic heterocycles. The highest BCUT2D eigenvalue weighted by Crippen LogP contribution is 2.28. The number of rotatable bonds is 4. The summed E-state index contributed by atoms with van der Waals surface area (Å²) in [7, 11) is 0. The highest BCUT2D eigenvalue weighted by atomic mass is 19.1. The minimum Gasteiger partial charge on any atom is -0.324 e. The molecule has 27 heavy (non-hydrogen) atoms. The molecule has 3 rings (SSSR count). The third-order valence-electron chi connectivity index (χ3n) is 4.14. The second kappa shape index (κ2) is 6.75. The molecule has 1 aliphatic heterocycles. The van der Waals surface area contributed by atoms with Crippen molar-refractivity contribution in [3.63, 3.8) is 0 Å². The van der Waals surface area contributed by atoms with Crippen molar-refractivity contribution >= 4 is 23.5 Å². The van der Waals surface area contributed by atoms with Crippen molar-refractivity contribution in [1.82, 2.24) is 10.2 Å². The fourth-order valence-electron chi connectivity index (χ4n) is 2.79. The normalized spacial score (nSPS) is 19.2. The van der Waals surface area contributed by atoms with Crippen LogP contribution >= 0.6 is 0 Å². The monoisotopic (exact) mass is 377 g/mol. The van der Waals surface area contributed by atoms with Crippen molar-refractivity contribution in [1.29, 1.82) is 0 Å². The number of hydrogen-bond donors (Lipinski definition) is 2. The Morgan fingerprint density at radius 3 is 2.22 bits per heavy atom. The van der Waals surface area contributed by atoms with Crippen molar-refractivity contribution in [3.05, 3.63) is 65.5 Å². The second-order valence-electron chi connectivity index (χ2n) is 6.16. The van der Waals surface area contributed by atoms with Crippen molar-refractivity contribution in [3.8, 4) is 0 Å². The third-order valence-corrected chi connectivity index (χ3v) is 4.14. The summed E-state index contributed by atoms with van der Waals surface area (Å²) >= 11 is 0. The minimum absolute atomic E-state index is 0.147. The molecule has 0 saturated carbocycles. The van der Waals surface area contributed by atoms with Crippen molar-refractivity contribution < 1.29 is 27.6 Å². The van der Waals surface area contributed by atoms with Gasteiger partial charge >= 0.3 is 6.03 Å². The van der Waals surface area contributed by atoms with Gasteiger partial charge in [-0.1, -0.05) is 12.1 Å². The van der Waals surface area contributed by atoms with Crippen LogP contribution in [0.1, 0.15) is 12.5 Å². The lowest BCUT2D eigenvalue weighted by Crippen LogP contribution is -2.42. The van der Waals surface area contributed by atoms with Crippen molar-refractivity contribution in [2.45, 2.75) is 12.5 Å². The molecule has 0 spiro atoms. The molecule has 0 bridgehead atoms. The maximum Gasteiger partial charge on any atom is 0.325 e. The van der Waals surface area contributed by atoms with Gasteiger partial charge in [0.05, 0.1) is 0 Å². The molecule has 2 aromatic rings. The van der Waals surface area contributed by atoms with Gasteiger partial charge in [0.15, 0.2) is 0 Å². The van der Waals surface area contributed by atoms with Crippen LogP contribution in [0.2, 0.25) is 0 Å². The number of hydrogen-bond acceptors (Lipinski definition) is 3. The maximum absolute atomic E-state index is 13.2. The van der Waals surface area contributed by atoms with E-state index in [1.54, 1.807) is 0 Å². The molecule has 1 fully saturated rings. The zero-order valence-corrected chi connectivity index (χ0v) is 14.1. The van der Waals surface area contributed by atoms with E-state index in [1.165, 1.54) is 19.1 Å². The lowest BCUT2D eigenvalue weighted by molar-refractivity contribution is -0.133. The largest absolute Gasteiger partial charge is 0.325 e. The molecule has 1 atom stereocenters. The SMILES string of the molecule is CC1(c2ccc(F)cc2)NC(=O)N(CC(=O)Nc2cc(F)cc(F)c2)C1=O. The summed E-state index contributed by atoms with van der Waals surface area (Å²) in [5.41, 5.74) is -1.26. The van der Waals surface area contributed by atoms with Gasteiger partial charge in [-0.25, -0.2) is 18.0 Å². The van der Waals surface area contributed by atoms with E-state index in [4.69, 9.17) is 0 Å². The molecule has 1 aliphatic rings. The van der Waals surface area contributed by atoms with E-state index in [-0.39, 0.29) is 5.69 Å². The highest BCUT2D eigenvalue weighted by molar-refractivity contribution is 6.10. The fraction of sp³-hybridized carbons (Fsp3) is 0.167. The summed E-state index contributed by atoms with van der Waals surface area (Å²) in [5, 5.41) is 4.69. The maximum atomic E-state index is 13.2. The van der Waals surface area contributed by atoms with Crippen molar-refractivity contribution in [2.75, 3.05) is 11.9 Å². The average Bonchev–Trinajstić information content (AvgIpc) is 2.78. The van der Waals surface area contributed by atoms with Crippen molar-refractivity contribution in [2.24, 2.45) is 0 Å². The number of nitrogens with one attached hydrogen (secondary N) is 2. The Kier molecular flexibility index (Phi) is 4.61. The van der Waals surface area contributed by atoms with Gasteiger partial charge < -0.3 is 10.6 Å². The number of nitrogens with zero attached hydrogens (tertiary/aromatic N) is 1. The lowest BCUT2D eigenvalue weighted by Gasteiger charge is -2.22. The number of carbonyl (C=O) groups is 3. The summed E-state index contributed by atoms with van der Waals surface area (Å²) in [6, 6.07) is 6.63. The van der Waals surface area contributed by atoms with Crippen LogP contribution < -0.4 is 10.6 Å². The number of carbonyl (C=O) groups excluding carboxylic acids is 3. The van der Waals surface area contributed by atoms with E-state index in [1.807, 2.05) is 0 Å². The number of halogens is 3. The molecular formula is C18H14F3N3O3. The molecular weight excluding hydrogens is 363 g/mol. The van der Waals surface area contributed by atoms with Crippen LogP contribution in [0.25, 0.3) is 0 Å². The van der Waals surface area contributed by atoms with Gasteiger partial charge in [0, 0.05) is 11.8 Å². The quantitative estimate of drug-likeness (QED) is 0.804. The summed E-state index contributed by atoms with van der Waals surface area (Å²) in [5.74, 6) is -3.79. The van der Waals surface area contributed by atoms with E-state index < -0.39 is 47.4 Å². The first-order valence-corrected chi connectivity index (χ1v) is 7.85. The molecule has 9 heteroatoms. The zero-order valence-electron chi connectivity index (χ0n) is 14.1. The number of anilines is 1. The average molecular weight is 377 g/mol. The molecule has 1 saturated heterocycles. The van der Waals surface area contributed by atoms with E-state index in [0.29, 0.717) is 16.5 Å². The summed E-state index contributed by atoms with van der Waals surface area (Å²) in [4.78, 5) is 37.6. The molecule has 2 aromatic carbocycles. The van der Waals surface area contributed by atoms with Crippen LogP contribution in [0.4, 0.5) is 23.7 Å². The predicted molar refractivity (Wildman–Crippen MR) is 89.0 cm³/mol. The molecule has 4 amide bonds. The van der Waals surface area contributed by atoms with Crippen LogP contribution in [-0.4, -0.2) is 29.3 Å². The van der Waals surface area contributed by atoms with Gasteiger partial charge in [0.1, 0.15) is 29.5 Å². The first-order valence-electron chi connectivity index (χ1n) is 7.85. The van der Waals surface area contributed by atoms with Crippen LogP contribution in [0.15, 0.2) is 42.5 Å². The van der Waals surface area contributed by atoms with Crippen LogP contribution in [-0.2, 0) is 15.1 Å². The number of urea groups is 1.